The molecule has 1 unspecified atom stereocenters. The quantitative estimate of drug-likeness (QED) is 0.805. The van der Waals surface area contributed by atoms with Crippen LogP contribution in [0.3, 0.4) is 0 Å². The van der Waals surface area contributed by atoms with Crippen LogP contribution in [0.15, 0.2) is 30.3 Å². The fraction of sp³-hybridized carbons (Fsp3) is 0.467. The number of benzene rings is 1. The molecule has 0 bridgehead atoms. The number of anilines is 1. The number of nitrogens with one attached hydrogen (secondary N) is 1. The molecule has 0 aliphatic carbocycles. The van der Waals surface area contributed by atoms with Crippen LogP contribution in [-0.4, -0.2) is 29.7 Å². The summed E-state index contributed by atoms with van der Waals surface area (Å²) in [6.07, 6.45) is 2.12. The van der Waals surface area contributed by atoms with Crippen molar-refractivity contribution in [1.29, 1.82) is 0 Å². The Hall–Kier alpha value is -2.04. The molecule has 20 heavy (non-hydrogen) atoms. The Morgan fingerprint density at radius 1 is 1.25 bits per heavy atom. The number of carboxylic acids is 1. The van der Waals surface area contributed by atoms with Crippen molar-refractivity contribution in [2.75, 3.05) is 11.4 Å². The van der Waals surface area contributed by atoms with Crippen LogP contribution in [0.25, 0.3) is 0 Å². The molecule has 2 amide bonds. The molecule has 1 aromatic rings. The van der Waals surface area contributed by atoms with Crippen LogP contribution in [0.5, 0.6) is 0 Å². The predicted octanol–water partition coefficient (Wildman–Crippen LogP) is 2.87. The number of unbranched alkanes of at least 4 members (excludes halogenated alkanes) is 1. The van der Waals surface area contributed by atoms with E-state index in [0.29, 0.717) is 13.0 Å². The predicted molar refractivity (Wildman–Crippen MR) is 78.9 cm³/mol. The van der Waals surface area contributed by atoms with E-state index in [4.69, 9.17) is 5.11 Å². The summed E-state index contributed by atoms with van der Waals surface area (Å²) in [6.45, 7) is 4.33. The number of rotatable bonds is 7. The van der Waals surface area contributed by atoms with Crippen molar-refractivity contribution in [2.45, 2.75) is 39.2 Å². The number of hydrogen-bond donors (Lipinski definition) is 2. The van der Waals surface area contributed by atoms with Gasteiger partial charge in [-0.25, -0.2) is 9.59 Å². The van der Waals surface area contributed by atoms with Crippen LogP contribution in [0.2, 0.25) is 0 Å². The minimum absolute atomic E-state index is 0.373. The fourth-order valence-corrected chi connectivity index (χ4v) is 1.94. The molecule has 0 saturated carbocycles. The summed E-state index contributed by atoms with van der Waals surface area (Å²) in [5, 5.41) is 11.7. The van der Waals surface area contributed by atoms with Crippen molar-refractivity contribution in [2.24, 2.45) is 0 Å². The Balaban J connectivity index is 2.73. The molecule has 1 rings (SSSR count). The summed E-state index contributed by atoms with van der Waals surface area (Å²) in [5.41, 5.74) is 0.757. The molecule has 0 radical (unpaired) electrons. The van der Waals surface area contributed by atoms with Crippen molar-refractivity contribution < 1.29 is 14.7 Å². The molecule has 1 aromatic carbocycles. The summed E-state index contributed by atoms with van der Waals surface area (Å²) in [6, 6.07) is 8.00. The number of carbonyl (C=O) groups excluding carboxylic acids is 1. The number of aliphatic carboxylic acids is 1. The average molecular weight is 278 g/mol. The van der Waals surface area contributed by atoms with Crippen molar-refractivity contribution in [3.63, 3.8) is 0 Å². The second-order valence-electron chi connectivity index (χ2n) is 4.56. The van der Waals surface area contributed by atoms with Crippen molar-refractivity contribution in [3.8, 4) is 0 Å². The third kappa shape index (κ3) is 4.57. The van der Waals surface area contributed by atoms with E-state index in [1.165, 1.54) is 4.90 Å². The lowest BCUT2D eigenvalue weighted by Gasteiger charge is -2.24. The third-order valence-corrected chi connectivity index (χ3v) is 3.07. The Labute approximate surface area is 119 Å². The van der Waals surface area contributed by atoms with Gasteiger partial charge in [-0.05, 0) is 25.5 Å². The number of nitrogens with zero attached hydrogens (tertiary/aromatic N) is 1. The number of carbonyl (C=O) groups is 2. The Kier molecular flexibility index (Phi) is 6.56. The maximum absolute atomic E-state index is 12.2. The van der Waals surface area contributed by atoms with Gasteiger partial charge >= 0.3 is 12.0 Å². The van der Waals surface area contributed by atoms with Gasteiger partial charge in [0.05, 0.1) is 0 Å². The third-order valence-electron chi connectivity index (χ3n) is 3.07. The van der Waals surface area contributed by atoms with Crippen LogP contribution in [-0.2, 0) is 4.79 Å². The molecule has 5 heteroatoms. The zero-order valence-corrected chi connectivity index (χ0v) is 12.0. The van der Waals surface area contributed by atoms with Gasteiger partial charge in [-0.3, -0.25) is 4.90 Å². The van der Waals surface area contributed by atoms with E-state index < -0.39 is 12.0 Å². The zero-order chi connectivity index (χ0) is 15.0. The molecule has 0 aliphatic rings. The molecular weight excluding hydrogens is 256 g/mol. The number of urea groups is 1. The highest BCUT2D eigenvalue weighted by Gasteiger charge is 2.22. The molecule has 1 atom stereocenters. The monoisotopic (exact) mass is 278 g/mol. The van der Waals surface area contributed by atoms with Crippen LogP contribution >= 0.6 is 0 Å². The molecule has 5 nitrogen and oxygen atoms in total. The van der Waals surface area contributed by atoms with Crippen molar-refractivity contribution >= 4 is 17.7 Å². The minimum Gasteiger partial charge on any atom is -0.480 e. The fourth-order valence-electron chi connectivity index (χ4n) is 1.94. The second kappa shape index (κ2) is 8.19. The zero-order valence-electron chi connectivity index (χ0n) is 12.0. The van der Waals surface area contributed by atoms with Crippen LogP contribution in [0.1, 0.15) is 33.1 Å². The van der Waals surface area contributed by atoms with E-state index in [-0.39, 0.29) is 6.03 Å². The summed E-state index contributed by atoms with van der Waals surface area (Å²) in [5.74, 6) is -0.990. The maximum atomic E-state index is 12.2. The van der Waals surface area contributed by atoms with Gasteiger partial charge in [-0.15, -0.1) is 0 Å². The van der Waals surface area contributed by atoms with Crippen LogP contribution in [0.4, 0.5) is 10.5 Å². The Morgan fingerprint density at radius 2 is 1.90 bits per heavy atom. The van der Waals surface area contributed by atoms with Gasteiger partial charge in [-0.2, -0.15) is 0 Å². The van der Waals surface area contributed by atoms with Gasteiger partial charge in [0.1, 0.15) is 6.04 Å². The number of amides is 2. The highest BCUT2D eigenvalue weighted by atomic mass is 16.4. The van der Waals surface area contributed by atoms with E-state index in [0.717, 1.165) is 18.5 Å². The molecule has 0 spiro atoms. The van der Waals surface area contributed by atoms with E-state index in [1.807, 2.05) is 44.2 Å². The molecule has 0 saturated heterocycles. The number of para-hydroxylation sites is 1. The summed E-state index contributed by atoms with van der Waals surface area (Å²) < 4.78 is 0. The molecule has 0 aliphatic heterocycles. The largest absolute Gasteiger partial charge is 0.480 e. The van der Waals surface area contributed by atoms with Crippen molar-refractivity contribution in [1.82, 2.24) is 5.32 Å². The standard InChI is InChI=1S/C15H22N2O3/c1-3-5-11-13(14(18)19)16-15(20)17(4-2)12-9-7-6-8-10-12/h6-10,13H,3-5,11H2,1-2H3,(H,16,20)(H,18,19). The van der Waals surface area contributed by atoms with Gasteiger partial charge in [0.15, 0.2) is 0 Å². The van der Waals surface area contributed by atoms with Crippen LogP contribution < -0.4 is 10.2 Å². The first-order valence-corrected chi connectivity index (χ1v) is 6.96. The van der Waals surface area contributed by atoms with Crippen molar-refractivity contribution in [3.05, 3.63) is 30.3 Å². The highest BCUT2D eigenvalue weighted by Crippen LogP contribution is 2.13. The number of hydrogen-bond acceptors (Lipinski definition) is 2. The van der Waals surface area contributed by atoms with Gasteiger partial charge < -0.3 is 10.4 Å². The smallest absolute Gasteiger partial charge is 0.326 e. The highest BCUT2D eigenvalue weighted by molar-refractivity contribution is 5.94. The molecule has 0 heterocycles. The summed E-state index contributed by atoms with van der Waals surface area (Å²) in [4.78, 5) is 24.9. The maximum Gasteiger partial charge on any atom is 0.326 e. The van der Waals surface area contributed by atoms with Gasteiger partial charge in [0.25, 0.3) is 0 Å². The van der Waals surface area contributed by atoms with Crippen LogP contribution in [0, 0.1) is 0 Å². The van der Waals surface area contributed by atoms with Gasteiger partial charge in [0.2, 0.25) is 0 Å². The van der Waals surface area contributed by atoms with E-state index in [1.54, 1.807) is 0 Å². The van der Waals surface area contributed by atoms with E-state index in [2.05, 4.69) is 5.32 Å². The molecular formula is C15H22N2O3. The molecule has 0 fully saturated rings. The SMILES string of the molecule is CCCCC(NC(=O)N(CC)c1ccccc1)C(=O)O. The molecule has 110 valence electrons. The topological polar surface area (TPSA) is 69.6 Å². The van der Waals surface area contributed by atoms with Gasteiger partial charge in [-0.1, -0.05) is 38.0 Å². The first kappa shape index (κ1) is 16.0. The molecule has 0 aromatic heterocycles. The first-order valence-electron chi connectivity index (χ1n) is 6.96. The van der Waals surface area contributed by atoms with E-state index in [9.17, 15) is 9.59 Å². The lowest BCUT2D eigenvalue weighted by Crippen LogP contribution is -2.48. The Morgan fingerprint density at radius 3 is 2.40 bits per heavy atom. The van der Waals surface area contributed by atoms with E-state index >= 15 is 0 Å². The lowest BCUT2D eigenvalue weighted by molar-refractivity contribution is -0.139. The average Bonchev–Trinajstić information content (AvgIpc) is 2.45. The van der Waals surface area contributed by atoms with Gasteiger partial charge in [0, 0.05) is 12.2 Å². The summed E-state index contributed by atoms with van der Waals surface area (Å²) >= 11 is 0. The Bertz CT molecular complexity index is 434. The normalized spacial score (nSPS) is 11.7. The lowest BCUT2D eigenvalue weighted by atomic mass is 10.1. The summed E-state index contributed by atoms with van der Waals surface area (Å²) in [7, 11) is 0. The second-order valence-corrected chi connectivity index (χ2v) is 4.56. The first-order chi connectivity index (χ1) is 9.60. The number of carboxylic acid groups (broad SMARTS) is 1. The minimum atomic E-state index is -0.990. The molecule has 2 N–H and O–H groups in total.